The number of rotatable bonds is 3. The average Bonchev–Trinajstić information content (AvgIpc) is 2.61. The molecule has 1 N–H and O–H groups in total. The molecule has 0 aromatic heterocycles. The molecule has 0 aliphatic carbocycles. The summed E-state index contributed by atoms with van der Waals surface area (Å²) in [6.45, 7) is 4.19. The zero-order chi connectivity index (χ0) is 13.7. The van der Waals surface area contributed by atoms with Crippen molar-refractivity contribution in [1.82, 2.24) is 10.2 Å². The lowest BCUT2D eigenvalue weighted by Gasteiger charge is -2.33. The van der Waals surface area contributed by atoms with Gasteiger partial charge in [0.25, 0.3) is 0 Å². The summed E-state index contributed by atoms with van der Waals surface area (Å²) >= 11 is 0. The molecule has 1 unspecified atom stereocenters. The van der Waals surface area contributed by atoms with E-state index in [0.717, 1.165) is 43.9 Å². The van der Waals surface area contributed by atoms with Gasteiger partial charge >= 0.3 is 0 Å². The largest absolute Gasteiger partial charge is 0.366 e. The summed E-state index contributed by atoms with van der Waals surface area (Å²) in [6, 6.07) is 10.6. The minimum atomic E-state index is 0.450. The molecule has 1 atom stereocenters. The second-order valence-electron chi connectivity index (χ2n) is 5.18. The van der Waals surface area contributed by atoms with Gasteiger partial charge in [-0.15, -0.1) is 0 Å². The summed E-state index contributed by atoms with van der Waals surface area (Å²) in [5.74, 6) is 0. The van der Waals surface area contributed by atoms with Crippen molar-refractivity contribution in [2.75, 3.05) is 45.2 Å². The van der Waals surface area contributed by atoms with Crippen LogP contribution < -0.4 is 10.2 Å². The van der Waals surface area contributed by atoms with E-state index in [9.17, 15) is 0 Å². The summed E-state index contributed by atoms with van der Waals surface area (Å²) in [5, 5.41) is 12.3. The highest BCUT2D eigenvalue weighted by Crippen LogP contribution is 2.21. The Morgan fingerprint density at radius 3 is 3.00 bits per heavy atom. The fourth-order valence-electron chi connectivity index (χ4n) is 2.75. The van der Waals surface area contributed by atoms with Crippen LogP contribution in [0.1, 0.15) is 12.0 Å². The fraction of sp³-hybridized carbons (Fsp3) is 0.533. The molecule has 4 heteroatoms. The van der Waals surface area contributed by atoms with Crippen LogP contribution in [0.4, 0.5) is 5.69 Å². The van der Waals surface area contributed by atoms with Crippen molar-refractivity contribution in [1.29, 1.82) is 5.26 Å². The molecule has 1 saturated heterocycles. The number of nitriles is 1. The SMILES string of the molecule is CNCC1CN(C)CCCN1c1cccc(C#N)c1. The standard InChI is InChI=1S/C15H22N4/c1-17-11-15-12-18(2)7-4-8-19(15)14-6-3-5-13(9-14)10-16/h3,5-6,9,15,17H,4,7-8,11-12H2,1-2H3. The minimum absolute atomic E-state index is 0.450. The molecule has 1 aromatic rings. The molecule has 0 spiro atoms. The van der Waals surface area contributed by atoms with Gasteiger partial charge in [0.15, 0.2) is 0 Å². The maximum Gasteiger partial charge on any atom is 0.0992 e. The van der Waals surface area contributed by atoms with E-state index in [-0.39, 0.29) is 0 Å². The predicted octanol–water partition coefficient (Wildman–Crippen LogP) is 1.29. The van der Waals surface area contributed by atoms with E-state index in [1.165, 1.54) is 0 Å². The molecule has 1 aliphatic rings. The molecule has 4 nitrogen and oxygen atoms in total. The molecule has 1 aliphatic heterocycles. The van der Waals surface area contributed by atoms with Gasteiger partial charge in [0.1, 0.15) is 0 Å². The molecule has 1 heterocycles. The number of hydrogen-bond acceptors (Lipinski definition) is 4. The van der Waals surface area contributed by atoms with Crippen LogP contribution in [0.5, 0.6) is 0 Å². The Kier molecular flexibility index (Phi) is 4.78. The van der Waals surface area contributed by atoms with Crippen molar-refractivity contribution in [3.8, 4) is 6.07 Å². The first-order valence-electron chi connectivity index (χ1n) is 6.84. The highest BCUT2D eigenvalue weighted by atomic mass is 15.2. The van der Waals surface area contributed by atoms with Crippen LogP contribution in [0, 0.1) is 11.3 Å². The Morgan fingerprint density at radius 1 is 1.42 bits per heavy atom. The molecular weight excluding hydrogens is 236 g/mol. The van der Waals surface area contributed by atoms with E-state index < -0.39 is 0 Å². The van der Waals surface area contributed by atoms with Gasteiger partial charge in [-0.3, -0.25) is 0 Å². The van der Waals surface area contributed by atoms with Crippen molar-refractivity contribution in [2.45, 2.75) is 12.5 Å². The number of benzene rings is 1. The van der Waals surface area contributed by atoms with Gasteiger partial charge in [-0.1, -0.05) is 6.07 Å². The third-order valence-corrected chi connectivity index (χ3v) is 3.65. The van der Waals surface area contributed by atoms with Crippen molar-refractivity contribution in [3.05, 3.63) is 29.8 Å². The van der Waals surface area contributed by atoms with Crippen LogP contribution in [0.2, 0.25) is 0 Å². The quantitative estimate of drug-likeness (QED) is 0.887. The summed E-state index contributed by atoms with van der Waals surface area (Å²) in [5.41, 5.74) is 1.90. The van der Waals surface area contributed by atoms with Crippen LogP contribution in [0.25, 0.3) is 0 Å². The number of anilines is 1. The van der Waals surface area contributed by atoms with Gasteiger partial charge in [-0.2, -0.15) is 5.26 Å². The average molecular weight is 258 g/mol. The Labute approximate surface area is 115 Å². The first kappa shape index (κ1) is 13.9. The van der Waals surface area contributed by atoms with Crippen LogP contribution in [-0.4, -0.2) is 51.2 Å². The first-order valence-corrected chi connectivity index (χ1v) is 6.84. The smallest absolute Gasteiger partial charge is 0.0992 e. The van der Waals surface area contributed by atoms with E-state index in [1.807, 2.05) is 25.2 Å². The van der Waals surface area contributed by atoms with E-state index in [1.54, 1.807) is 0 Å². The Hall–Kier alpha value is -1.57. The van der Waals surface area contributed by atoms with E-state index >= 15 is 0 Å². The minimum Gasteiger partial charge on any atom is -0.366 e. The van der Waals surface area contributed by atoms with Gasteiger partial charge < -0.3 is 15.1 Å². The van der Waals surface area contributed by atoms with Crippen LogP contribution in [0.15, 0.2) is 24.3 Å². The number of nitrogens with one attached hydrogen (secondary N) is 1. The monoisotopic (exact) mass is 258 g/mol. The maximum atomic E-state index is 9.04. The van der Waals surface area contributed by atoms with Gasteiger partial charge in [0, 0.05) is 25.3 Å². The number of nitrogens with zero attached hydrogens (tertiary/aromatic N) is 3. The molecular formula is C15H22N4. The Bertz CT molecular complexity index is 452. The summed E-state index contributed by atoms with van der Waals surface area (Å²) in [7, 11) is 4.17. The van der Waals surface area contributed by atoms with Gasteiger partial charge in [-0.25, -0.2) is 0 Å². The maximum absolute atomic E-state index is 9.04. The van der Waals surface area contributed by atoms with Crippen LogP contribution in [-0.2, 0) is 0 Å². The molecule has 2 rings (SSSR count). The van der Waals surface area contributed by atoms with Crippen LogP contribution in [0.3, 0.4) is 0 Å². The van der Waals surface area contributed by atoms with Gasteiger partial charge in [0.05, 0.1) is 17.7 Å². The highest BCUT2D eigenvalue weighted by Gasteiger charge is 2.23. The predicted molar refractivity (Wildman–Crippen MR) is 78.3 cm³/mol. The highest BCUT2D eigenvalue weighted by molar-refractivity contribution is 5.52. The van der Waals surface area contributed by atoms with E-state index in [0.29, 0.717) is 6.04 Å². The van der Waals surface area contributed by atoms with E-state index in [4.69, 9.17) is 5.26 Å². The lowest BCUT2D eigenvalue weighted by Crippen LogP contribution is -2.46. The molecule has 0 radical (unpaired) electrons. The van der Waals surface area contributed by atoms with Crippen molar-refractivity contribution < 1.29 is 0 Å². The molecule has 1 aromatic carbocycles. The van der Waals surface area contributed by atoms with Crippen molar-refractivity contribution in [3.63, 3.8) is 0 Å². The molecule has 0 amide bonds. The fourth-order valence-corrected chi connectivity index (χ4v) is 2.75. The number of hydrogen-bond donors (Lipinski definition) is 1. The summed E-state index contributed by atoms with van der Waals surface area (Å²) < 4.78 is 0. The zero-order valence-corrected chi connectivity index (χ0v) is 11.8. The summed E-state index contributed by atoms with van der Waals surface area (Å²) in [6.07, 6.45) is 1.16. The third kappa shape index (κ3) is 3.46. The zero-order valence-electron chi connectivity index (χ0n) is 11.8. The van der Waals surface area contributed by atoms with Crippen LogP contribution >= 0.6 is 0 Å². The summed E-state index contributed by atoms with van der Waals surface area (Å²) in [4.78, 5) is 4.82. The Morgan fingerprint density at radius 2 is 2.26 bits per heavy atom. The second kappa shape index (κ2) is 6.55. The Balaban J connectivity index is 2.25. The molecule has 102 valence electrons. The number of likely N-dealkylation sites (N-methyl/N-ethyl adjacent to an activating group) is 2. The van der Waals surface area contributed by atoms with Crippen molar-refractivity contribution in [2.24, 2.45) is 0 Å². The van der Waals surface area contributed by atoms with Crippen molar-refractivity contribution >= 4 is 5.69 Å². The molecule has 0 saturated carbocycles. The topological polar surface area (TPSA) is 42.3 Å². The van der Waals surface area contributed by atoms with Gasteiger partial charge in [0.2, 0.25) is 0 Å². The van der Waals surface area contributed by atoms with E-state index in [2.05, 4.69) is 34.3 Å². The lowest BCUT2D eigenvalue weighted by molar-refractivity contribution is 0.328. The lowest BCUT2D eigenvalue weighted by atomic mass is 10.1. The van der Waals surface area contributed by atoms with Gasteiger partial charge in [-0.05, 0) is 45.3 Å². The molecule has 0 bridgehead atoms. The molecule has 1 fully saturated rings. The second-order valence-corrected chi connectivity index (χ2v) is 5.18. The first-order chi connectivity index (χ1) is 9.24. The normalized spacial score (nSPS) is 20.9. The third-order valence-electron chi connectivity index (χ3n) is 3.65. The molecule has 19 heavy (non-hydrogen) atoms.